The number of amides is 1. The van der Waals surface area contributed by atoms with E-state index in [1.165, 1.54) is 6.42 Å². The quantitative estimate of drug-likeness (QED) is 0.744. The Bertz CT molecular complexity index is 545. The smallest absolute Gasteiger partial charge is 0.237 e. The fourth-order valence-electron chi connectivity index (χ4n) is 4.34. The first kappa shape index (κ1) is 18.0. The molecule has 2 unspecified atom stereocenters. The maximum Gasteiger partial charge on any atom is 0.237 e. The van der Waals surface area contributed by atoms with E-state index in [0.29, 0.717) is 18.5 Å². The van der Waals surface area contributed by atoms with Crippen molar-refractivity contribution in [2.75, 3.05) is 45.8 Å². The molecule has 136 valence electrons. The third-order valence-corrected chi connectivity index (χ3v) is 5.81. The number of hydrogen-bond acceptors (Lipinski definition) is 5. The Morgan fingerprint density at radius 3 is 2.72 bits per heavy atom. The van der Waals surface area contributed by atoms with Gasteiger partial charge in [0.15, 0.2) is 0 Å². The number of hydrogen-bond donors (Lipinski definition) is 1. The number of rotatable bonds is 5. The molecule has 0 spiro atoms. The molecule has 7 nitrogen and oxygen atoms in total. The van der Waals surface area contributed by atoms with E-state index in [2.05, 4.69) is 21.2 Å². The van der Waals surface area contributed by atoms with Crippen LogP contribution in [0.15, 0.2) is 0 Å². The van der Waals surface area contributed by atoms with Crippen molar-refractivity contribution in [2.45, 2.75) is 44.2 Å². The first-order valence-electron chi connectivity index (χ1n) is 9.46. The number of nitrogens with one attached hydrogen (secondary N) is 1. The van der Waals surface area contributed by atoms with Crippen LogP contribution in [0.4, 0.5) is 0 Å². The lowest BCUT2D eigenvalue weighted by molar-refractivity contribution is -0.130. The van der Waals surface area contributed by atoms with E-state index < -0.39 is 0 Å². The van der Waals surface area contributed by atoms with Gasteiger partial charge in [-0.05, 0) is 38.0 Å². The normalized spacial score (nSPS) is 30.2. The van der Waals surface area contributed by atoms with Crippen LogP contribution in [-0.4, -0.2) is 78.6 Å². The molecule has 1 amide bonds. The van der Waals surface area contributed by atoms with E-state index in [1.54, 1.807) is 4.90 Å². The lowest BCUT2D eigenvalue weighted by Gasteiger charge is -2.30. The van der Waals surface area contributed by atoms with E-state index in [1.807, 2.05) is 5.01 Å². The molecular weight excluding hydrogens is 316 g/mol. The van der Waals surface area contributed by atoms with Crippen LogP contribution in [0.25, 0.3) is 4.95 Å². The first-order valence-corrected chi connectivity index (χ1v) is 9.46. The van der Waals surface area contributed by atoms with E-state index in [-0.39, 0.29) is 11.9 Å². The van der Waals surface area contributed by atoms with Crippen molar-refractivity contribution < 1.29 is 4.79 Å². The third-order valence-electron chi connectivity index (χ3n) is 5.81. The molecular formula is C18H28N6O. The van der Waals surface area contributed by atoms with Crippen molar-refractivity contribution in [2.24, 2.45) is 5.92 Å². The van der Waals surface area contributed by atoms with E-state index in [9.17, 15) is 4.79 Å². The van der Waals surface area contributed by atoms with Gasteiger partial charge in [-0.1, -0.05) is 0 Å². The van der Waals surface area contributed by atoms with Gasteiger partial charge in [0.1, 0.15) is 6.04 Å². The minimum Gasteiger partial charge on any atom is -0.326 e. The highest BCUT2D eigenvalue weighted by Gasteiger charge is 2.31. The summed E-state index contributed by atoms with van der Waals surface area (Å²) in [5, 5.41) is 14.3. The largest absolute Gasteiger partial charge is 0.326 e. The fraction of sp³-hybridized carbons (Fsp3) is 0.833. The number of piperazine rings is 1. The number of nitrogens with zero attached hydrogens (tertiary/aromatic N) is 5. The number of carbonyl (C=O) groups is 1. The zero-order chi connectivity index (χ0) is 17.6. The van der Waals surface area contributed by atoms with Gasteiger partial charge in [0.25, 0.3) is 0 Å². The van der Waals surface area contributed by atoms with Crippen LogP contribution in [0.5, 0.6) is 0 Å². The van der Waals surface area contributed by atoms with Crippen LogP contribution in [0.2, 0.25) is 0 Å². The van der Waals surface area contributed by atoms with Crippen molar-refractivity contribution in [3.63, 3.8) is 0 Å². The standard InChI is InChI=1S/C18H28N6O/c1-20-23-9-7-22(8-10-23)14-15-4-5-16(11-15)21-13-18(25)24-6-2-3-17(24)12-19/h15-17,21H,2-11,13-14H2/t15?,16?,17-/m0/s1. The molecule has 2 heterocycles. The second kappa shape index (κ2) is 8.51. The lowest BCUT2D eigenvalue weighted by atomic mass is 10.1. The molecule has 3 fully saturated rings. The molecule has 1 aliphatic carbocycles. The van der Waals surface area contributed by atoms with Crippen molar-refractivity contribution in [3.8, 4) is 6.07 Å². The highest BCUT2D eigenvalue weighted by Crippen LogP contribution is 2.27. The Morgan fingerprint density at radius 1 is 1.20 bits per heavy atom. The third kappa shape index (κ3) is 4.62. The number of likely N-dealkylation sites (tertiary alicyclic amines) is 1. The molecule has 2 aliphatic heterocycles. The van der Waals surface area contributed by atoms with Gasteiger partial charge >= 0.3 is 0 Å². The van der Waals surface area contributed by atoms with Crippen LogP contribution in [0, 0.1) is 23.8 Å². The fourth-order valence-corrected chi connectivity index (χ4v) is 4.34. The van der Waals surface area contributed by atoms with Gasteiger partial charge in [-0.25, -0.2) is 0 Å². The monoisotopic (exact) mass is 344 g/mol. The van der Waals surface area contributed by atoms with Crippen molar-refractivity contribution in [1.29, 1.82) is 5.26 Å². The maximum absolute atomic E-state index is 12.3. The predicted octanol–water partition coefficient (Wildman–Crippen LogP) is 0.711. The van der Waals surface area contributed by atoms with E-state index >= 15 is 0 Å². The van der Waals surface area contributed by atoms with Gasteiger partial charge in [-0.3, -0.25) is 9.69 Å². The van der Waals surface area contributed by atoms with E-state index in [0.717, 1.165) is 65.0 Å². The van der Waals surface area contributed by atoms with Gasteiger partial charge in [0.2, 0.25) is 5.91 Å². The molecule has 1 saturated carbocycles. The summed E-state index contributed by atoms with van der Waals surface area (Å²) in [7, 11) is 0. The minimum absolute atomic E-state index is 0.0720. The maximum atomic E-state index is 12.3. The second-order valence-corrected chi connectivity index (χ2v) is 7.49. The Morgan fingerprint density at radius 2 is 2.00 bits per heavy atom. The molecule has 25 heavy (non-hydrogen) atoms. The molecule has 1 N–H and O–H groups in total. The topological polar surface area (TPSA) is 67.0 Å². The minimum atomic E-state index is -0.222. The second-order valence-electron chi connectivity index (χ2n) is 7.49. The summed E-state index contributed by atoms with van der Waals surface area (Å²) in [4.78, 5) is 20.0. The first-order chi connectivity index (χ1) is 12.2. The van der Waals surface area contributed by atoms with Gasteiger partial charge in [0, 0.05) is 32.2 Å². The van der Waals surface area contributed by atoms with Crippen LogP contribution >= 0.6 is 0 Å². The lowest BCUT2D eigenvalue weighted by Crippen LogP contribution is -2.45. The van der Waals surface area contributed by atoms with Gasteiger partial charge in [-0.15, -0.1) is 5.01 Å². The molecule has 7 heteroatoms. The van der Waals surface area contributed by atoms with Gasteiger partial charge < -0.3 is 10.2 Å². The van der Waals surface area contributed by atoms with Gasteiger partial charge in [0.05, 0.1) is 25.7 Å². The van der Waals surface area contributed by atoms with Crippen LogP contribution in [0.1, 0.15) is 32.1 Å². The zero-order valence-corrected chi connectivity index (χ0v) is 14.9. The average Bonchev–Trinajstić information content (AvgIpc) is 3.29. The van der Waals surface area contributed by atoms with Crippen LogP contribution in [-0.2, 0) is 4.79 Å². The highest BCUT2D eigenvalue weighted by molar-refractivity contribution is 5.79. The molecule has 3 atom stereocenters. The Balaban J connectivity index is 1.35. The van der Waals surface area contributed by atoms with Crippen molar-refractivity contribution in [1.82, 2.24) is 20.1 Å². The predicted molar refractivity (Wildman–Crippen MR) is 94.1 cm³/mol. The summed E-state index contributed by atoms with van der Waals surface area (Å²) in [5.41, 5.74) is 0. The van der Waals surface area contributed by atoms with Crippen molar-refractivity contribution >= 4 is 5.91 Å². The summed E-state index contributed by atoms with van der Waals surface area (Å²) in [5.74, 6) is 0.758. The van der Waals surface area contributed by atoms with Gasteiger partial charge in [-0.2, -0.15) is 16.8 Å². The summed E-state index contributed by atoms with van der Waals surface area (Å²) in [6, 6.07) is 2.43. The van der Waals surface area contributed by atoms with Crippen LogP contribution < -0.4 is 5.32 Å². The summed E-state index contributed by atoms with van der Waals surface area (Å²) in [6.45, 7) is 12.9. The average molecular weight is 344 g/mol. The Labute approximate surface area is 150 Å². The highest BCUT2D eigenvalue weighted by atomic mass is 16.2. The van der Waals surface area contributed by atoms with Crippen molar-refractivity contribution in [3.05, 3.63) is 11.5 Å². The molecule has 3 aliphatic rings. The number of nitriles is 1. The molecule has 0 aromatic heterocycles. The summed E-state index contributed by atoms with van der Waals surface area (Å²) in [6.07, 6.45) is 5.21. The molecule has 0 aromatic carbocycles. The molecule has 0 aromatic rings. The van der Waals surface area contributed by atoms with E-state index in [4.69, 9.17) is 11.8 Å². The molecule has 2 saturated heterocycles. The SMILES string of the molecule is [C-]#[N+]N1CCN(CC2CCC(NCC(=O)N3CCC[C@H]3C#N)C2)CC1. The Kier molecular flexibility index (Phi) is 6.12. The molecule has 3 rings (SSSR count). The molecule has 0 radical (unpaired) electrons. The summed E-state index contributed by atoms with van der Waals surface area (Å²) >= 11 is 0. The van der Waals surface area contributed by atoms with Crippen LogP contribution in [0.3, 0.4) is 0 Å². The Hall–Kier alpha value is -1.83. The summed E-state index contributed by atoms with van der Waals surface area (Å²) < 4.78 is 0. The molecule has 0 bridgehead atoms. The number of carbonyl (C=O) groups excluding carboxylic acids is 1. The zero-order valence-electron chi connectivity index (χ0n) is 14.9.